The number of aromatic amines is 1. The molecule has 2 amide bonds. The zero-order valence-corrected chi connectivity index (χ0v) is 24.4. The number of likely N-dealkylation sites (tertiary alicyclic amines) is 1. The van der Waals surface area contributed by atoms with Crippen LogP contribution in [-0.4, -0.2) is 92.6 Å². The number of rotatable bonds is 8. The number of halogens is 3. The number of carbonyl (C=O) groups is 2. The summed E-state index contributed by atoms with van der Waals surface area (Å²) in [4.78, 5) is 44.0. The summed E-state index contributed by atoms with van der Waals surface area (Å²) in [5.74, 6) is -0.235. The summed E-state index contributed by atoms with van der Waals surface area (Å²) in [5, 5.41) is 11.4. The smallest absolute Gasteiger partial charge is 0.338 e. The highest BCUT2D eigenvalue weighted by Crippen LogP contribution is 2.37. The largest absolute Gasteiger partial charge is 0.433 e. The van der Waals surface area contributed by atoms with Gasteiger partial charge in [0.1, 0.15) is 11.4 Å². The fraction of sp³-hybridized carbons (Fsp3) is 0.355. The van der Waals surface area contributed by atoms with E-state index in [-0.39, 0.29) is 24.3 Å². The van der Waals surface area contributed by atoms with Crippen LogP contribution in [0.15, 0.2) is 67.6 Å². The molecule has 2 saturated heterocycles. The first kappa shape index (κ1) is 30.2. The molecule has 1 atom stereocenters. The molecule has 234 valence electrons. The molecule has 0 radical (unpaired) electrons. The predicted molar refractivity (Wildman–Crippen MR) is 162 cm³/mol. The molecule has 1 unspecified atom stereocenters. The van der Waals surface area contributed by atoms with Crippen LogP contribution >= 0.6 is 0 Å². The van der Waals surface area contributed by atoms with E-state index in [1.165, 1.54) is 0 Å². The van der Waals surface area contributed by atoms with E-state index in [9.17, 15) is 22.8 Å². The summed E-state index contributed by atoms with van der Waals surface area (Å²) in [6.07, 6.45) is 2.70. The van der Waals surface area contributed by atoms with Crippen LogP contribution in [0.3, 0.4) is 0 Å². The molecule has 0 saturated carbocycles. The van der Waals surface area contributed by atoms with Gasteiger partial charge < -0.3 is 15.1 Å². The van der Waals surface area contributed by atoms with Crippen LogP contribution < -0.4 is 10.2 Å². The van der Waals surface area contributed by atoms with Gasteiger partial charge in [-0.05, 0) is 55.8 Å². The maximum atomic E-state index is 13.7. The number of anilines is 2. The van der Waals surface area contributed by atoms with Gasteiger partial charge in [-0.25, -0.2) is 9.97 Å². The molecular formula is C31H32F3N9O2. The van der Waals surface area contributed by atoms with Crippen LogP contribution in [0.2, 0.25) is 0 Å². The fourth-order valence-electron chi connectivity index (χ4n) is 6.01. The lowest BCUT2D eigenvalue weighted by Gasteiger charge is -2.35. The molecule has 2 fully saturated rings. The summed E-state index contributed by atoms with van der Waals surface area (Å²) in [6.45, 7) is 6.29. The zero-order chi connectivity index (χ0) is 31.6. The van der Waals surface area contributed by atoms with Crippen LogP contribution in [0.25, 0.3) is 22.2 Å². The Morgan fingerprint density at radius 1 is 1.04 bits per heavy atom. The minimum atomic E-state index is -4.56. The standard InChI is InChI=1S/C31H32F3N9O2/c1-2-8-30(28(45)37-22-3-4-24-23(18-22)27(40-39-24)21-5-10-35-11-6-21)9-13-41(20-30)19-26(44)42-14-16-43(17-15-42)29-36-12-7-25(38-29)31(32,33)34/h2-7,10-12,18H,1,8-9,13-17,19-20H2,(H,37,45)(H,39,40). The first-order valence-corrected chi connectivity index (χ1v) is 14.6. The average molecular weight is 620 g/mol. The Kier molecular flexibility index (Phi) is 8.23. The normalized spacial score (nSPS) is 19.2. The Morgan fingerprint density at radius 3 is 2.56 bits per heavy atom. The fourth-order valence-corrected chi connectivity index (χ4v) is 6.01. The van der Waals surface area contributed by atoms with Crippen LogP contribution in [0, 0.1) is 5.41 Å². The molecule has 0 aliphatic carbocycles. The van der Waals surface area contributed by atoms with Gasteiger partial charge in [0.15, 0.2) is 0 Å². The Labute approximate surface area is 257 Å². The van der Waals surface area contributed by atoms with Crippen LogP contribution in [0.4, 0.5) is 24.8 Å². The number of allylic oxidation sites excluding steroid dienone is 1. The molecule has 3 aromatic heterocycles. The lowest BCUT2D eigenvalue weighted by atomic mass is 9.82. The Bertz CT molecular complexity index is 1700. The lowest BCUT2D eigenvalue weighted by Crippen LogP contribution is -2.51. The Hall–Kier alpha value is -4.85. The molecule has 45 heavy (non-hydrogen) atoms. The van der Waals surface area contributed by atoms with Gasteiger partial charge in [-0.3, -0.25) is 24.6 Å². The topological polar surface area (TPSA) is 123 Å². The Morgan fingerprint density at radius 2 is 1.82 bits per heavy atom. The molecular weight excluding hydrogens is 587 g/mol. The number of alkyl halides is 3. The molecule has 2 aliphatic heterocycles. The van der Waals surface area contributed by atoms with Crippen LogP contribution in [0.1, 0.15) is 18.5 Å². The van der Waals surface area contributed by atoms with Crippen molar-refractivity contribution in [2.75, 3.05) is 56.0 Å². The van der Waals surface area contributed by atoms with Gasteiger partial charge in [0, 0.05) is 68.0 Å². The third kappa shape index (κ3) is 6.36. The number of hydrogen-bond acceptors (Lipinski definition) is 8. The van der Waals surface area contributed by atoms with Crippen molar-refractivity contribution in [3.8, 4) is 11.3 Å². The lowest BCUT2D eigenvalue weighted by molar-refractivity contribution is -0.141. The van der Waals surface area contributed by atoms with Gasteiger partial charge in [-0.2, -0.15) is 18.3 Å². The van der Waals surface area contributed by atoms with Crippen LogP contribution in [0.5, 0.6) is 0 Å². The van der Waals surface area contributed by atoms with E-state index in [1.54, 1.807) is 28.3 Å². The molecule has 14 heteroatoms. The van der Waals surface area contributed by atoms with E-state index in [0.717, 1.165) is 34.4 Å². The van der Waals surface area contributed by atoms with E-state index >= 15 is 0 Å². The number of piperazine rings is 1. The molecule has 6 rings (SSSR count). The van der Waals surface area contributed by atoms with Gasteiger partial charge in [0.25, 0.3) is 0 Å². The number of carbonyl (C=O) groups excluding carboxylic acids is 2. The molecule has 5 heterocycles. The van der Waals surface area contributed by atoms with E-state index in [2.05, 4.69) is 37.0 Å². The minimum absolute atomic E-state index is 0.00260. The van der Waals surface area contributed by atoms with Crippen molar-refractivity contribution in [2.24, 2.45) is 5.41 Å². The van der Waals surface area contributed by atoms with Crippen molar-refractivity contribution in [3.05, 3.63) is 73.3 Å². The number of H-pyrrole nitrogens is 1. The van der Waals surface area contributed by atoms with Crippen molar-refractivity contribution in [1.29, 1.82) is 0 Å². The average Bonchev–Trinajstić information content (AvgIpc) is 3.66. The summed E-state index contributed by atoms with van der Waals surface area (Å²) in [6, 6.07) is 10.2. The number of nitrogens with zero attached hydrogens (tertiary/aromatic N) is 7. The highest BCUT2D eigenvalue weighted by atomic mass is 19.4. The monoisotopic (exact) mass is 619 g/mol. The molecule has 11 nitrogen and oxygen atoms in total. The number of hydrogen-bond donors (Lipinski definition) is 2. The number of nitrogens with one attached hydrogen (secondary N) is 2. The second-order valence-electron chi connectivity index (χ2n) is 11.4. The van der Waals surface area contributed by atoms with Crippen molar-refractivity contribution in [2.45, 2.75) is 19.0 Å². The van der Waals surface area contributed by atoms with Crippen LogP contribution in [-0.2, 0) is 15.8 Å². The first-order chi connectivity index (χ1) is 21.6. The Balaban J connectivity index is 1.07. The van der Waals surface area contributed by atoms with Gasteiger partial charge in [-0.1, -0.05) is 6.08 Å². The maximum Gasteiger partial charge on any atom is 0.433 e. The molecule has 0 bridgehead atoms. The molecule has 2 N–H and O–H groups in total. The van der Waals surface area contributed by atoms with Gasteiger partial charge in [0.05, 0.1) is 17.5 Å². The number of fused-ring (bicyclic) bond motifs is 1. The highest BCUT2D eigenvalue weighted by Gasteiger charge is 2.44. The van der Waals surface area contributed by atoms with E-state index in [0.29, 0.717) is 57.8 Å². The number of aromatic nitrogens is 5. The van der Waals surface area contributed by atoms with Gasteiger partial charge in [0.2, 0.25) is 17.8 Å². The SMILES string of the molecule is C=CCC1(C(=O)Nc2ccc3[nH]nc(-c4ccncc4)c3c2)CCN(CC(=O)N2CCN(c3nccc(C(F)(F)F)n3)CC2)C1. The highest BCUT2D eigenvalue weighted by molar-refractivity contribution is 6.00. The second kappa shape index (κ2) is 12.3. The summed E-state index contributed by atoms with van der Waals surface area (Å²) in [7, 11) is 0. The third-order valence-electron chi connectivity index (χ3n) is 8.43. The summed E-state index contributed by atoms with van der Waals surface area (Å²) < 4.78 is 39.2. The van der Waals surface area contributed by atoms with E-state index in [4.69, 9.17) is 0 Å². The van der Waals surface area contributed by atoms with Gasteiger partial charge >= 0.3 is 6.18 Å². The van der Waals surface area contributed by atoms with E-state index in [1.807, 2.05) is 35.2 Å². The molecule has 2 aliphatic rings. The first-order valence-electron chi connectivity index (χ1n) is 14.6. The van der Waals surface area contributed by atoms with Crippen molar-refractivity contribution >= 4 is 34.4 Å². The molecule has 4 aromatic rings. The zero-order valence-electron chi connectivity index (χ0n) is 24.4. The van der Waals surface area contributed by atoms with Crippen molar-refractivity contribution in [1.82, 2.24) is 34.9 Å². The number of amides is 2. The third-order valence-corrected chi connectivity index (χ3v) is 8.43. The number of benzene rings is 1. The minimum Gasteiger partial charge on any atom is -0.338 e. The molecule has 1 aromatic carbocycles. The number of pyridine rings is 1. The maximum absolute atomic E-state index is 13.7. The van der Waals surface area contributed by atoms with Crippen molar-refractivity contribution < 1.29 is 22.8 Å². The van der Waals surface area contributed by atoms with Gasteiger partial charge in [-0.15, -0.1) is 6.58 Å². The van der Waals surface area contributed by atoms with E-state index < -0.39 is 17.3 Å². The second-order valence-corrected chi connectivity index (χ2v) is 11.4. The van der Waals surface area contributed by atoms with Crippen molar-refractivity contribution in [3.63, 3.8) is 0 Å². The summed E-state index contributed by atoms with van der Waals surface area (Å²) in [5.41, 5.74) is 1.41. The molecule has 0 spiro atoms. The quantitative estimate of drug-likeness (QED) is 0.284. The predicted octanol–water partition coefficient (Wildman–Crippen LogP) is 3.99. The summed E-state index contributed by atoms with van der Waals surface area (Å²) >= 11 is 0.